The molecule has 0 saturated carbocycles. The molecule has 134 valence electrons. The molecular weight excluding hydrogens is 320 g/mol. The van der Waals surface area contributed by atoms with Crippen molar-refractivity contribution in [3.8, 4) is 0 Å². The molecule has 0 aromatic rings. The van der Waals surface area contributed by atoms with Gasteiger partial charge in [-0.3, -0.25) is 4.79 Å². The molecule has 1 atom stereocenters. The SMILES string of the molecule is CCC=CCC=CCC=CCC=CCC=CCCC(CCl)C(=O)O. The van der Waals surface area contributed by atoms with Crippen LogP contribution >= 0.6 is 11.6 Å². The van der Waals surface area contributed by atoms with Crippen molar-refractivity contribution in [3.05, 3.63) is 60.8 Å². The minimum atomic E-state index is -0.808. The van der Waals surface area contributed by atoms with Crippen molar-refractivity contribution in [1.82, 2.24) is 0 Å². The van der Waals surface area contributed by atoms with E-state index in [1.165, 1.54) is 0 Å². The van der Waals surface area contributed by atoms with E-state index in [4.69, 9.17) is 16.7 Å². The largest absolute Gasteiger partial charge is 0.481 e. The summed E-state index contributed by atoms with van der Waals surface area (Å²) in [6.45, 7) is 2.14. The van der Waals surface area contributed by atoms with Gasteiger partial charge in [0, 0.05) is 5.88 Å². The molecule has 0 fully saturated rings. The third-order valence-electron chi connectivity index (χ3n) is 3.37. The fourth-order valence-corrected chi connectivity index (χ4v) is 2.22. The Labute approximate surface area is 152 Å². The maximum absolute atomic E-state index is 10.8. The summed E-state index contributed by atoms with van der Waals surface area (Å²) in [5, 5.41) is 8.87. The lowest BCUT2D eigenvalue weighted by atomic mass is 10.1. The number of allylic oxidation sites excluding steroid dienone is 10. The van der Waals surface area contributed by atoms with Crippen LogP contribution in [0.25, 0.3) is 0 Å². The van der Waals surface area contributed by atoms with Crippen molar-refractivity contribution in [3.63, 3.8) is 0 Å². The smallest absolute Gasteiger partial charge is 0.307 e. The highest BCUT2D eigenvalue weighted by molar-refractivity contribution is 6.19. The fraction of sp³-hybridized carbons (Fsp3) is 0.476. The predicted octanol–water partition coefficient (Wildman–Crippen LogP) is 6.46. The molecule has 0 radical (unpaired) electrons. The van der Waals surface area contributed by atoms with Crippen LogP contribution < -0.4 is 0 Å². The van der Waals surface area contributed by atoms with Crippen molar-refractivity contribution >= 4 is 17.6 Å². The molecule has 0 amide bonds. The number of alkyl halides is 1. The Bertz CT molecular complexity index is 445. The van der Waals surface area contributed by atoms with E-state index < -0.39 is 11.9 Å². The summed E-state index contributed by atoms with van der Waals surface area (Å²) in [5.74, 6) is -1.06. The van der Waals surface area contributed by atoms with Gasteiger partial charge in [0.1, 0.15) is 0 Å². The van der Waals surface area contributed by atoms with E-state index in [0.717, 1.165) is 38.5 Å². The maximum atomic E-state index is 10.8. The van der Waals surface area contributed by atoms with Gasteiger partial charge in [-0.1, -0.05) is 67.7 Å². The zero-order chi connectivity index (χ0) is 17.9. The monoisotopic (exact) mass is 350 g/mol. The molecule has 0 aromatic carbocycles. The average molecular weight is 351 g/mol. The molecule has 0 rings (SSSR count). The van der Waals surface area contributed by atoms with Crippen LogP contribution in [0.4, 0.5) is 0 Å². The fourth-order valence-electron chi connectivity index (χ4n) is 1.93. The first kappa shape index (κ1) is 22.5. The highest BCUT2D eigenvalue weighted by atomic mass is 35.5. The topological polar surface area (TPSA) is 37.3 Å². The number of aliphatic carboxylic acids is 1. The first-order chi connectivity index (χ1) is 11.7. The Morgan fingerprint density at radius 3 is 1.62 bits per heavy atom. The molecule has 0 aliphatic heterocycles. The summed E-state index contributed by atoms with van der Waals surface area (Å²) in [6.07, 6.45) is 27.8. The summed E-state index contributed by atoms with van der Waals surface area (Å²) >= 11 is 5.60. The summed E-state index contributed by atoms with van der Waals surface area (Å²) in [5.41, 5.74) is 0. The number of hydrogen-bond donors (Lipinski definition) is 1. The van der Waals surface area contributed by atoms with Gasteiger partial charge in [0.05, 0.1) is 5.92 Å². The lowest BCUT2D eigenvalue weighted by Gasteiger charge is -2.05. The molecule has 24 heavy (non-hydrogen) atoms. The molecule has 0 bridgehead atoms. The second-order valence-corrected chi connectivity index (χ2v) is 5.78. The third kappa shape index (κ3) is 15.4. The van der Waals surface area contributed by atoms with Gasteiger partial charge in [-0.25, -0.2) is 0 Å². The molecule has 0 saturated heterocycles. The van der Waals surface area contributed by atoms with Gasteiger partial charge in [-0.05, 0) is 44.9 Å². The predicted molar refractivity (Wildman–Crippen MR) is 106 cm³/mol. The first-order valence-corrected chi connectivity index (χ1v) is 9.29. The van der Waals surface area contributed by atoms with Gasteiger partial charge in [0.2, 0.25) is 0 Å². The normalized spacial score (nSPS) is 14.1. The van der Waals surface area contributed by atoms with E-state index >= 15 is 0 Å². The standard InChI is InChI=1S/C21H31ClO2/c1-2-3-4-5-6-7-8-9-10-11-12-13-14-15-16-17-18-20(19-22)21(23)24/h3-4,6-7,9-10,12-13,15-16,20H,2,5,8,11,14,17-19H2,1H3,(H,23,24). The molecule has 0 spiro atoms. The summed E-state index contributed by atoms with van der Waals surface area (Å²) < 4.78 is 0. The lowest BCUT2D eigenvalue weighted by molar-refractivity contribution is -0.141. The number of carbonyl (C=O) groups is 1. The van der Waals surface area contributed by atoms with Crippen LogP contribution in [0.1, 0.15) is 51.9 Å². The van der Waals surface area contributed by atoms with Crippen LogP contribution in [0.2, 0.25) is 0 Å². The summed E-state index contributed by atoms with van der Waals surface area (Å²) in [4.78, 5) is 10.8. The number of rotatable bonds is 14. The molecule has 0 heterocycles. The Morgan fingerprint density at radius 2 is 1.25 bits per heavy atom. The molecule has 3 heteroatoms. The second kappa shape index (κ2) is 17.8. The summed E-state index contributed by atoms with van der Waals surface area (Å²) in [6, 6.07) is 0. The minimum absolute atomic E-state index is 0.181. The number of carboxylic acids is 1. The zero-order valence-corrected chi connectivity index (χ0v) is 15.5. The van der Waals surface area contributed by atoms with Gasteiger partial charge in [0.25, 0.3) is 0 Å². The lowest BCUT2D eigenvalue weighted by Crippen LogP contribution is -2.14. The van der Waals surface area contributed by atoms with Gasteiger partial charge in [-0.2, -0.15) is 0 Å². The third-order valence-corrected chi connectivity index (χ3v) is 3.75. The van der Waals surface area contributed by atoms with E-state index in [1.807, 2.05) is 6.08 Å². The van der Waals surface area contributed by atoms with E-state index in [0.29, 0.717) is 6.42 Å². The van der Waals surface area contributed by atoms with Crippen LogP contribution in [0.5, 0.6) is 0 Å². The zero-order valence-electron chi connectivity index (χ0n) is 14.7. The molecular formula is C21H31ClO2. The van der Waals surface area contributed by atoms with E-state index in [1.54, 1.807) is 0 Å². The molecule has 0 aliphatic carbocycles. The van der Waals surface area contributed by atoms with Crippen LogP contribution in [-0.2, 0) is 4.79 Å². The Balaban J connectivity index is 3.61. The Morgan fingerprint density at radius 1 is 0.833 bits per heavy atom. The van der Waals surface area contributed by atoms with Crippen LogP contribution in [-0.4, -0.2) is 17.0 Å². The quantitative estimate of drug-likeness (QED) is 0.288. The minimum Gasteiger partial charge on any atom is -0.481 e. The van der Waals surface area contributed by atoms with Crippen molar-refractivity contribution in [2.75, 3.05) is 5.88 Å². The van der Waals surface area contributed by atoms with E-state index in [2.05, 4.69) is 61.6 Å². The molecule has 0 aromatic heterocycles. The number of hydrogen-bond acceptors (Lipinski definition) is 1. The Hall–Kier alpha value is -1.54. The molecule has 0 aliphatic rings. The molecule has 1 N–H and O–H groups in total. The maximum Gasteiger partial charge on any atom is 0.307 e. The van der Waals surface area contributed by atoms with Gasteiger partial charge >= 0.3 is 5.97 Å². The average Bonchev–Trinajstić information content (AvgIpc) is 2.57. The van der Waals surface area contributed by atoms with Crippen molar-refractivity contribution < 1.29 is 9.90 Å². The molecule has 2 nitrogen and oxygen atoms in total. The Kier molecular flexibility index (Phi) is 16.7. The molecule has 1 unspecified atom stereocenters. The van der Waals surface area contributed by atoms with E-state index in [9.17, 15) is 4.79 Å². The van der Waals surface area contributed by atoms with Crippen LogP contribution in [0, 0.1) is 5.92 Å². The summed E-state index contributed by atoms with van der Waals surface area (Å²) in [7, 11) is 0. The van der Waals surface area contributed by atoms with Crippen molar-refractivity contribution in [1.29, 1.82) is 0 Å². The number of carboxylic acid groups (broad SMARTS) is 1. The van der Waals surface area contributed by atoms with E-state index in [-0.39, 0.29) is 5.88 Å². The van der Waals surface area contributed by atoms with Crippen LogP contribution in [0.3, 0.4) is 0 Å². The van der Waals surface area contributed by atoms with Gasteiger partial charge in [-0.15, -0.1) is 11.6 Å². The van der Waals surface area contributed by atoms with Gasteiger partial charge < -0.3 is 5.11 Å². The second-order valence-electron chi connectivity index (χ2n) is 5.47. The first-order valence-electron chi connectivity index (χ1n) is 8.76. The van der Waals surface area contributed by atoms with Crippen molar-refractivity contribution in [2.45, 2.75) is 51.9 Å². The highest BCUT2D eigenvalue weighted by Gasteiger charge is 2.14. The van der Waals surface area contributed by atoms with Gasteiger partial charge in [0.15, 0.2) is 0 Å². The number of halogens is 1. The van der Waals surface area contributed by atoms with Crippen molar-refractivity contribution in [2.24, 2.45) is 5.92 Å². The highest BCUT2D eigenvalue weighted by Crippen LogP contribution is 2.09. The van der Waals surface area contributed by atoms with Crippen LogP contribution in [0.15, 0.2) is 60.8 Å².